The van der Waals surface area contributed by atoms with Crippen LogP contribution in [0.15, 0.2) is 12.1 Å². The van der Waals surface area contributed by atoms with Gasteiger partial charge in [-0.15, -0.1) is 0 Å². The Balaban J connectivity index is 2.16. The Morgan fingerprint density at radius 3 is 2.33 bits per heavy atom. The van der Waals surface area contributed by atoms with E-state index in [0.29, 0.717) is 5.75 Å². The third-order valence-electron chi connectivity index (χ3n) is 4.96. The van der Waals surface area contributed by atoms with Gasteiger partial charge in [0.15, 0.2) is 23.4 Å². The number of carbonyl (C=O) groups excluding carboxylic acids is 2. The average molecular weight is 469 g/mol. The molecule has 2 N–H and O–H groups in total. The molecule has 3 rings (SSSR count). The van der Waals surface area contributed by atoms with E-state index < -0.39 is 30.0 Å². The number of rotatable bonds is 12. The molecule has 3 atom stereocenters. The molecule has 33 heavy (non-hydrogen) atoms. The molecule has 1 aromatic rings. The fourth-order valence-corrected chi connectivity index (χ4v) is 3.63. The first-order chi connectivity index (χ1) is 16.0. The molecule has 1 aromatic carbocycles. The van der Waals surface area contributed by atoms with Crippen LogP contribution in [0.2, 0.25) is 0 Å². The molecule has 0 fully saturated rings. The molecule has 1 aliphatic heterocycles. The summed E-state index contributed by atoms with van der Waals surface area (Å²) in [5.41, 5.74) is 5.89. The van der Waals surface area contributed by atoms with Gasteiger partial charge >= 0.3 is 0 Å². The van der Waals surface area contributed by atoms with Gasteiger partial charge in [0.05, 0.1) is 12.7 Å². The predicted molar refractivity (Wildman–Crippen MR) is 111 cm³/mol. The van der Waals surface area contributed by atoms with Crippen LogP contribution >= 0.6 is 0 Å². The van der Waals surface area contributed by atoms with Crippen molar-refractivity contribution in [2.45, 2.75) is 18.3 Å². The molecule has 182 valence electrons. The first-order valence-corrected chi connectivity index (χ1v) is 9.86. The fraction of sp³-hybridized carbons (Fsp3) is 0.524. The van der Waals surface area contributed by atoms with E-state index in [9.17, 15) is 9.59 Å². The minimum atomic E-state index is -1.15. The van der Waals surface area contributed by atoms with Crippen molar-refractivity contribution in [1.29, 1.82) is 0 Å². The molecule has 0 bridgehead atoms. The lowest BCUT2D eigenvalue weighted by Gasteiger charge is -2.35. The summed E-state index contributed by atoms with van der Waals surface area (Å²) in [4.78, 5) is 26.0. The molecule has 0 saturated carbocycles. The topological polar surface area (TPSA) is 143 Å². The molecular weight excluding hydrogens is 442 g/mol. The van der Waals surface area contributed by atoms with Crippen LogP contribution in [0.5, 0.6) is 17.2 Å². The standard InChI is InChI=1S/C21H27NO11/c1-25-7-29-14-6-12(16(23)20(32-9-27-3)18(14)31-8-26-2)11-5-13-17(33-10-30-13)19(28-4)15(11)21(22)24/h5-6,14,18,20H,7-10H2,1-4H3,(H2,22,24)/t14-,18+,20-/m0/s1. The number of benzene rings is 1. The number of amides is 1. The number of hydrogen-bond donors (Lipinski definition) is 1. The van der Waals surface area contributed by atoms with Gasteiger partial charge in [0, 0.05) is 32.5 Å². The summed E-state index contributed by atoms with van der Waals surface area (Å²) in [6.07, 6.45) is -1.34. The van der Waals surface area contributed by atoms with Gasteiger partial charge in [-0.25, -0.2) is 0 Å². The van der Waals surface area contributed by atoms with Crippen LogP contribution in [0.25, 0.3) is 5.57 Å². The van der Waals surface area contributed by atoms with Crippen molar-refractivity contribution in [2.24, 2.45) is 5.73 Å². The first-order valence-electron chi connectivity index (χ1n) is 9.86. The van der Waals surface area contributed by atoms with Gasteiger partial charge in [-0.1, -0.05) is 0 Å². The molecule has 1 aliphatic carbocycles. The predicted octanol–water partition coefficient (Wildman–Crippen LogP) is 0.456. The Hall–Kier alpha value is -2.74. The molecule has 0 unspecified atom stereocenters. The number of methoxy groups -OCH3 is 4. The maximum atomic E-state index is 13.6. The smallest absolute Gasteiger partial charge is 0.253 e. The van der Waals surface area contributed by atoms with Crippen molar-refractivity contribution in [3.8, 4) is 17.2 Å². The van der Waals surface area contributed by atoms with Crippen molar-refractivity contribution in [1.82, 2.24) is 0 Å². The second kappa shape index (κ2) is 11.4. The van der Waals surface area contributed by atoms with Crippen LogP contribution in [0.3, 0.4) is 0 Å². The number of nitrogens with two attached hydrogens (primary N) is 1. The number of fused-ring (bicyclic) bond motifs is 1. The van der Waals surface area contributed by atoms with Crippen molar-refractivity contribution in [3.05, 3.63) is 23.3 Å². The molecular formula is C21H27NO11. The van der Waals surface area contributed by atoms with E-state index >= 15 is 0 Å². The summed E-state index contributed by atoms with van der Waals surface area (Å²) in [5.74, 6) is -0.742. The molecule has 0 radical (unpaired) electrons. The monoisotopic (exact) mass is 469 g/mol. The van der Waals surface area contributed by atoms with Gasteiger partial charge in [0.1, 0.15) is 32.6 Å². The number of ketones is 1. The van der Waals surface area contributed by atoms with E-state index in [2.05, 4.69) is 0 Å². The van der Waals surface area contributed by atoms with Gasteiger partial charge in [0.25, 0.3) is 5.91 Å². The van der Waals surface area contributed by atoms with Gasteiger partial charge in [-0.05, 0) is 12.1 Å². The summed E-state index contributed by atoms with van der Waals surface area (Å²) in [7, 11) is 5.67. The van der Waals surface area contributed by atoms with Crippen LogP contribution in [-0.4, -0.2) is 85.6 Å². The van der Waals surface area contributed by atoms with Crippen LogP contribution in [0.1, 0.15) is 15.9 Å². The zero-order chi connectivity index (χ0) is 24.0. The number of Topliss-reactive ketones (excluding diaryl/α,β-unsaturated/α-hetero) is 1. The van der Waals surface area contributed by atoms with Crippen LogP contribution in [0, 0.1) is 0 Å². The van der Waals surface area contributed by atoms with E-state index in [4.69, 9.17) is 48.4 Å². The minimum Gasteiger partial charge on any atom is -0.492 e. The molecule has 12 nitrogen and oxygen atoms in total. The molecule has 1 heterocycles. The Morgan fingerprint density at radius 2 is 1.70 bits per heavy atom. The number of primary amides is 1. The van der Waals surface area contributed by atoms with Crippen LogP contribution < -0.4 is 19.9 Å². The average Bonchev–Trinajstić information content (AvgIpc) is 3.28. The normalized spacial score (nSPS) is 21.8. The van der Waals surface area contributed by atoms with Gasteiger partial charge < -0.3 is 48.4 Å². The zero-order valence-corrected chi connectivity index (χ0v) is 18.8. The molecule has 2 aliphatic rings. The molecule has 12 heteroatoms. The molecule has 0 aromatic heterocycles. The maximum Gasteiger partial charge on any atom is 0.253 e. The number of carbonyl (C=O) groups is 2. The van der Waals surface area contributed by atoms with Crippen molar-refractivity contribution in [2.75, 3.05) is 55.6 Å². The van der Waals surface area contributed by atoms with Crippen molar-refractivity contribution < 1.29 is 52.2 Å². The van der Waals surface area contributed by atoms with Crippen molar-refractivity contribution >= 4 is 17.3 Å². The highest BCUT2D eigenvalue weighted by molar-refractivity contribution is 6.26. The van der Waals surface area contributed by atoms with E-state index in [0.717, 1.165) is 0 Å². The third kappa shape index (κ3) is 5.11. The summed E-state index contributed by atoms with van der Waals surface area (Å²) < 4.78 is 48.3. The molecule has 0 saturated heterocycles. The van der Waals surface area contributed by atoms with E-state index in [-0.39, 0.29) is 55.4 Å². The highest BCUT2D eigenvalue weighted by atomic mass is 16.7. The highest BCUT2D eigenvalue weighted by Gasteiger charge is 2.44. The summed E-state index contributed by atoms with van der Waals surface area (Å²) >= 11 is 0. The second-order valence-electron chi connectivity index (χ2n) is 6.94. The zero-order valence-electron chi connectivity index (χ0n) is 18.8. The Morgan fingerprint density at radius 1 is 1.03 bits per heavy atom. The minimum absolute atomic E-state index is 0.0476. The number of hydrogen-bond acceptors (Lipinski definition) is 11. The van der Waals surface area contributed by atoms with Gasteiger partial charge in [-0.2, -0.15) is 0 Å². The van der Waals surface area contributed by atoms with E-state index in [1.165, 1.54) is 40.6 Å². The number of ether oxygens (including phenoxy) is 9. The lowest BCUT2D eigenvalue weighted by atomic mass is 9.84. The van der Waals surface area contributed by atoms with E-state index in [1.807, 2.05) is 0 Å². The maximum absolute atomic E-state index is 13.6. The largest absolute Gasteiger partial charge is 0.492 e. The summed E-state index contributed by atoms with van der Waals surface area (Å²) in [6, 6.07) is 1.49. The lowest BCUT2D eigenvalue weighted by Crippen LogP contribution is -2.50. The third-order valence-corrected chi connectivity index (χ3v) is 4.96. The molecule has 1 amide bonds. The van der Waals surface area contributed by atoms with Gasteiger partial charge in [0.2, 0.25) is 12.5 Å². The Kier molecular flexibility index (Phi) is 8.61. The Labute approximate surface area is 190 Å². The second-order valence-corrected chi connectivity index (χ2v) is 6.94. The molecule has 0 spiro atoms. The first kappa shape index (κ1) is 24.9. The summed E-state index contributed by atoms with van der Waals surface area (Å²) in [6.45, 7) is -0.488. The highest BCUT2D eigenvalue weighted by Crippen LogP contribution is 2.47. The van der Waals surface area contributed by atoms with Crippen LogP contribution in [-0.2, 0) is 33.2 Å². The van der Waals surface area contributed by atoms with Crippen molar-refractivity contribution in [3.63, 3.8) is 0 Å². The van der Waals surface area contributed by atoms with Crippen LogP contribution in [0.4, 0.5) is 0 Å². The Bertz CT molecular complexity index is 901. The lowest BCUT2D eigenvalue weighted by molar-refractivity contribution is -0.199. The summed E-state index contributed by atoms with van der Waals surface area (Å²) in [5, 5.41) is 0. The fourth-order valence-electron chi connectivity index (χ4n) is 3.63. The van der Waals surface area contributed by atoms with E-state index in [1.54, 1.807) is 0 Å². The van der Waals surface area contributed by atoms with Gasteiger partial charge in [-0.3, -0.25) is 9.59 Å². The SMILES string of the molecule is COCO[C@@H]1[C@@H](OCOC)C=C(c2cc3c(c(OC)c2C(N)=O)OCO3)C(=O)[C@@H]1OCOC. The quantitative estimate of drug-likeness (QED) is 0.426.